The van der Waals surface area contributed by atoms with Gasteiger partial charge in [-0.2, -0.15) is 0 Å². The van der Waals surface area contributed by atoms with Gasteiger partial charge >= 0.3 is 0 Å². The standard InChI is InChI=1S/C19H22ClN/c1-13-10-15(12-16(20)11-13)19(21-2)18-9-4-3-8-17(18)14-6-5-7-14/h3-4,8-12,14,19,21H,5-7H2,1-2H3. The molecule has 2 aromatic rings. The fraction of sp³-hybridized carbons (Fsp3) is 0.368. The summed E-state index contributed by atoms with van der Waals surface area (Å²) in [4.78, 5) is 0. The molecule has 3 rings (SSSR count). The van der Waals surface area contributed by atoms with Gasteiger partial charge in [-0.3, -0.25) is 0 Å². The summed E-state index contributed by atoms with van der Waals surface area (Å²) >= 11 is 6.25. The Hall–Kier alpha value is -1.31. The van der Waals surface area contributed by atoms with E-state index in [9.17, 15) is 0 Å². The Morgan fingerprint density at radius 3 is 2.52 bits per heavy atom. The first-order valence-electron chi connectivity index (χ1n) is 7.72. The fourth-order valence-corrected chi connectivity index (χ4v) is 3.60. The van der Waals surface area contributed by atoms with Crippen molar-refractivity contribution in [3.05, 3.63) is 69.7 Å². The van der Waals surface area contributed by atoms with Gasteiger partial charge in [-0.15, -0.1) is 0 Å². The van der Waals surface area contributed by atoms with Crippen molar-refractivity contribution in [2.75, 3.05) is 7.05 Å². The van der Waals surface area contributed by atoms with Crippen molar-refractivity contribution >= 4 is 11.6 Å². The summed E-state index contributed by atoms with van der Waals surface area (Å²) in [5.41, 5.74) is 5.35. The Morgan fingerprint density at radius 1 is 1.14 bits per heavy atom. The average Bonchev–Trinajstić information content (AvgIpc) is 2.38. The molecule has 1 N–H and O–H groups in total. The van der Waals surface area contributed by atoms with E-state index >= 15 is 0 Å². The summed E-state index contributed by atoms with van der Waals surface area (Å²) in [6.45, 7) is 2.10. The maximum Gasteiger partial charge on any atom is 0.0577 e. The second-order valence-corrected chi connectivity index (χ2v) is 6.48. The minimum absolute atomic E-state index is 0.208. The summed E-state index contributed by atoms with van der Waals surface area (Å²) in [6, 6.07) is 15.4. The topological polar surface area (TPSA) is 12.0 Å². The second-order valence-electron chi connectivity index (χ2n) is 6.04. The van der Waals surface area contributed by atoms with Crippen LogP contribution in [0.1, 0.15) is 53.5 Å². The van der Waals surface area contributed by atoms with Crippen LogP contribution in [0.5, 0.6) is 0 Å². The Balaban J connectivity index is 2.03. The van der Waals surface area contributed by atoms with Gasteiger partial charge < -0.3 is 5.32 Å². The summed E-state index contributed by atoms with van der Waals surface area (Å²) < 4.78 is 0. The molecular formula is C19H22ClN. The number of aryl methyl sites for hydroxylation is 1. The van der Waals surface area contributed by atoms with E-state index in [2.05, 4.69) is 48.6 Å². The number of hydrogen-bond acceptors (Lipinski definition) is 1. The Bertz CT molecular complexity index is 611. The van der Waals surface area contributed by atoms with E-state index in [1.807, 2.05) is 13.1 Å². The molecule has 0 aromatic heterocycles. The third kappa shape index (κ3) is 3.00. The Labute approximate surface area is 132 Å². The highest BCUT2D eigenvalue weighted by molar-refractivity contribution is 6.30. The maximum absolute atomic E-state index is 6.25. The van der Waals surface area contributed by atoms with Crippen LogP contribution in [0.25, 0.3) is 0 Å². The van der Waals surface area contributed by atoms with Gasteiger partial charge in [0.05, 0.1) is 6.04 Å². The van der Waals surface area contributed by atoms with Crippen molar-refractivity contribution in [2.45, 2.75) is 38.1 Å². The first-order valence-corrected chi connectivity index (χ1v) is 8.10. The summed E-state index contributed by atoms with van der Waals surface area (Å²) in [5, 5.41) is 4.29. The monoisotopic (exact) mass is 299 g/mol. The molecule has 2 aromatic carbocycles. The highest BCUT2D eigenvalue weighted by atomic mass is 35.5. The van der Waals surface area contributed by atoms with E-state index in [1.165, 1.54) is 41.5 Å². The molecule has 110 valence electrons. The Morgan fingerprint density at radius 2 is 1.90 bits per heavy atom. The first kappa shape index (κ1) is 14.6. The number of benzene rings is 2. The van der Waals surface area contributed by atoms with Gasteiger partial charge in [0.1, 0.15) is 0 Å². The van der Waals surface area contributed by atoms with Crippen LogP contribution in [0.2, 0.25) is 5.02 Å². The molecule has 21 heavy (non-hydrogen) atoms. The molecule has 1 nitrogen and oxygen atoms in total. The smallest absolute Gasteiger partial charge is 0.0577 e. The van der Waals surface area contributed by atoms with Crippen molar-refractivity contribution in [3.8, 4) is 0 Å². The average molecular weight is 300 g/mol. The van der Waals surface area contributed by atoms with Gasteiger partial charge in [0.2, 0.25) is 0 Å². The first-order chi connectivity index (χ1) is 10.2. The van der Waals surface area contributed by atoms with Gasteiger partial charge in [0, 0.05) is 5.02 Å². The van der Waals surface area contributed by atoms with Crippen LogP contribution < -0.4 is 5.32 Å². The minimum Gasteiger partial charge on any atom is -0.309 e. The number of halogens is 1. The van der Waals surface area contributed by atoms with Gasteiger partial charge in [-0.25, -0.2) is 0 Å². The van der Waals surface area contributed by atoms with Gasteiger partial charge in [-0.1, -0.05) is 48.4 Å². The largest absolute Gasteiger partial charge is 0.309 e. The molecule has 0 bridgehead atoms. The molecule has 1 saturated carbocycles. The van der Waals surface area contributed by atoms with Crippen LogP contribution in [0, 0.1) is 6.92 Å². The maximum atomic E-state index is 6.25. The van der Waals surface area contributed by atoms with Crippen LogP contribution >= 0.6 is 11.6 Å². The zero-order chi connectivity index (χ0) is 14.8. The molecule has 1 aliphatic carbocycles. The molecule has 2 heteroatoms. The normalized spacial score (nSPS) is 16.5. The third-order valence-electron chi connectivity index (χ3n) is 4.54. The lowest BCUT2D eigenvalue weighted by atomic mass is 9.76. The Kier molecular flexibility index (Phi) is 4.32. The van der Waals surface area contributed by atoms with Crippen LogP contribution in [-0.4, -0.2) is 7.05 Å². The molecule has 1 unspecified atom stereocenters. The van der Waals surface area contributed by atoms with Gasteiger partial charge in [-0.05, 0) is 67.1 Å². The molecule has 0 radical (unpaired) electrons. The fourth-order valence-electron chi connectivity index (χ4n) is 3.30. The van der Waals surface area contributed by atoms with Crippen molar-refractivity contribution in [1.82, 2.24) is 5.32 Å². The number of nitrogens with one attached hydrogen (secondary N) is 1. The van der Waals surface area contributed by atoms with E-state index in [1.54, 1.807) is 0 Å². The van der Waals surface area contributed by atoms with Crippen molar-refractivity contribution < 1.29 is 0 Å². The summed E-state index contributed by atoms with van der Waals surface area (Å²) in [7, 11) is 2.03. The van der Waals surface area contributed by atoms with Crippen molar-refractivity contribution in [3.63, 3.8) is 0 Å². The van der Waals surface area contributed by atoms with E-state index < -0.39 is 0 Å². The molecule has 1 aliphatic rings. The highest BCUT2D eigenvalue weighted by Gasteiger charge is 2.25. The molecule has 0 amide bonds. The predicted molar refractivity (Wildman–Crippen MR) is 90.1 cm³/mol. The second kappa shape index (κ2) is 6.21. The van der Waals surface area contributed by atoms with E-state index in [-0.39, 0.29) is 6.04 Å². The van der Waals surface area contributed by atoms with Crippen LogP contribution in [0.3, 0.4) is 0 Å². The van der Waals surface area contributed by atoms with Crippen LogP contribution in [0.4, 0.5) is 0 Å². The molecular weight excluding hydrogens is 278 g/mol. The zero-order valence-electron chi connectivity index (χ0n) is 12.7. The molecule has 0 saturated heterocycles. The molecule has 1 atom stereocenters. The number of rotatable bonds is 4. The van der Waals surface area contributed by atoms with E-state index in [0.29, 0.717) is 0 Å². The lowest BCUT2D eigenvalue weighted by molar-refractivity contribution is 0.415. The van der Waals surface area contributed by atoms with Crippen LogP contribution in [-0.2, 0) is 0 Å². The van der Waals surface area contributed by atoms with Crippen LogP contribution in [0.15, 0.2) is 42.5 Å². The molecule has 0 spiro atoms. The summed E-state index contributed by atoms with van der Waals surface area (Å²) in [5.74, 6) is 0.734. The van der Waals surface area contributed by atoms with E-state index in [0.717, 1.165) is 10.9 Å². The molecule has 0 heterocycles. The van der Waals surface area contributed by atoms with E-state index in [4.69, 9.17) is 11.6 Å². The highest BCUT2D eigenvalue weighted by Crippen LogP contribution is 2.40. The van der Waals surface area contributed by atoms with Gasteiger partial charge in [0.15, 0.2) is 0 Å². The lowest BCUT2D eigenvalue weighted by Gasteiger charge is -2.30. The van der Waals surface area contributed by atoms with Crippen molar-refractivity contribution in [2.24, 2.45) is 0 Å². The van der Waals surface area contributed by atoms with Crippen molar-refractivity contribution in [1.29, 1.82) is 0 Å². The SMILES string of the molecule is CNC(c1cc(C)cc(Cl)c1)c1ccccc1C1CCC1. The minimum atomic E-state index is 0.208. The zero-order valence-corrected chi connectivity index (χ0v) is 13.5. The number of hydrogen-bond donors (Lipinski definition) is 1. The lowest BCUT2D eigenvalue weighted by Crippen LogP contribution is -2.21. The summed E-state index contributed by atoms with van der Waals surface area (Å²) in [6.07, 6.45) is 4.00. The quantitative estimate of drug-likeness (QED) is 0.815. The third-order valence-corrected chi connectivity index (χ3v) is 4.76. The predicted octanol–water partition coefficient (Wildman–Crippen LogP) is 5.22. The van der Waals surface area contributed by atoms with Gasteiger partial charge in [0.25, 0.3) is 0 Å². The molecule has 0 aliphatic heterocycles. The molecule has 1 fully saturated rings.